The highest BCUT2D eigenvalue weighted by atomic mass is 79.9. The molecule has 1 fully saturated rings. The van der Waals surface area contributed by atoms with Crippen LogP contribution >= 0.6 is 15.9 Å². The lowest BCUT2D eigenvalue weighted by Gasteiger charge is -2.33. The first-order chi connectivity index (χ1) is 16.4. The van der Waals surface area contributed by atoms with E-state index in [0.29, 0.717) is 40.0 Å². The molecule has 2 aromatic carbocycles. The third-order valence-electron chi connectivity index (χ3n) is 6.55. The standard InChI is InChI=1S/C26H22BrFN4O2/c1-15-3-5-16(6-4-15)22-14-34-25(30-22)17-7-9-32(10-8-17)24-18-11-20(27)21(28)12-23(18)31(2)26(33)19(24)13-29/h3-6,11-12,14,17H,7-10H2,1-2H3. The van der Waals surface area contributed by atoms with Gasteiger partial charge in [-0.05, 0) is 47.8 Å². The highest BCUT2D eigenvalue weighted by molar-refractivity contribution is 9.10. The smallest absolute Gasteiger partial charge is 0.270 e. The van der Waals surface area contributed by atoms with E-state index >= 15 is 0 Å². The predicted molar refractivity (Wildman–Crippen MR) is 132 cm³/mol. The van der Waals surface area contributed by atoms with Crippen molar-refractivity contribution < 1.29 is 8.81 Å². The molecule has 0 spiro atoms. The molecule has 0 radical (unpaired) electrons. The number of aromatic nitrogens is 2. The fourth-order valence-electron chi connectivity index (χ4n) is 4.63. The van der Waals surface area contributed by atoms with Gasteiger partial charge in [0.1, 0.15) is 29.4 Å². The first-order valence-electron chi connectivity index (χ1n) is 11.1. The number of piperidine rings is 1. The van der Waals surface area contributed by atoms with Gasteiger partial charge in [0.25, 0.3) is 5.56 Å². The van der Waals surface area contributed by atoms with Gasteiger partial charge in [0.15, 0.2) is 5.89 Å². The number of oxazole rings is 1. The summed E-state index contributed by atoms with van der Waals surface area (Å²) in [6.07, 6.45) is 3.22. The van der Waals surface area contributed by atoms with Crippen molar-refractivity contribution in [3.8, 4) is 17.3 Å². The minimum Gasteiger partial charge on any atom is -0.448 e. The Kier molecular flexibility index (Phi) is 5.74. The second-order valence-electron chi connectivity index (χ2n) is 8.68. The van der Waals surface area contributed by atoms with E-state index in [4.69, 9.17) is 9.40 Å². The number of fused-ring (bicyclic) bond motifs is 1. The maximum atomic E-state index is 14.2. The van der Waals surface area contributed by atoms with E-state index in [1.54, 1.807) is 19.4 Å². The quantitative estimate of drug-likeness (QED) is 0.348. The van der Waals surface area contributed by atoms with Crippen LogP contribution in [0, 0.1) is 24.1 Å². The Morgan fingerprint density at radius 3 is 2.59 bits per heavy atom. The molecule has 0 bridgehead atoms. The van der Waals surface area contributed by atoms with Crippen molar-refractivity contribution in [2.75, 3.05) is 18.0 Å². The van der Waals surface area contributed by atoms with Crippen LogP contribution in [0.15, 0.2) is 56.3 Å². The SMILES string of the molecule is Cc1ccc(-c2coc(C3CCN(c4c(C#N)c(=O)n(C)c5cc(F)c(Br)cc45)CC3)n2)cc1. The van der Waals surface area contributed by atoms with Gasteiger partial charge in [0, 0.05) is 37.0 Å². The number of pyridine rings is 1. The number of halogens is 2. The summed E-state index contributed by atoms with van der Waals surface area (Å²) in [5.41, 5.74) is 3.68. The van der Waals surface area contributed by atoms with Gasteiger partial charge in [-0.25, -0.2) is 9.37 Å². The van der Waals surface area contributed by atoms with Crippen molar-refractivity contribution in [3.63, 3.8) is 0 Å². The maximum Gasteiger partial charge on any atom is 0.270 e. The molecule has 8 heteroatoms. The summed E-state index contributed by atoms with van der Waals surface area (Å²) >= 11 is 3.25. The summed E-state index contributed by atoms with van der Waals surface area (Å²) in [4.78, 5) is 19.6. The van der Waals surface area contributed by atoms with Crippen LogP contribution in [0.5, 0.6) is 0 Å². The summed E-state index contributed by atoms with van der Waals surface area (Å²) < 4.78 is 21.7. The molecule has 1 aliphatic rings. The summed E-state index contributed by atoms with van der Waals surface area (Å²) in [6.45, 7) is 3.29. The molecule has 6 nitrogen and oxygen atoms in total. The third-order valence-corrected chi connectivity index (χ3v) is 7.16. The Bertz CT molecular complexity index is 1490. The van der Waals surface area contributed by atoms with E-state index in [1.807, 2.05) is 36.1 Å². The zero-order valence-electron chi connectivity index (χ0n) is 18.8. The second kappa shape index (κ2) is 8.73. The van der Waals surface area contributed by atoms with Gasteiger partial charge in [-0.3, -0.25) is 4.79 Å². The average molecular weight is 521 g/mol. The van der Waals surface area contributed by atoms with Crippen LogP contribution in [0.25, 0.3) is 22.2 Å². The van der Waals surface area contributed by atoms with E-state index in [-0.39, 0.29) is 11.5 Å². The van der Waals surface area contributed by atoms with E-state index < -0.39 is 11.4 Å². The molecule has 172 valence electrons. The zero-order valence-corrected chi connectivity index (χ0v) is 20.4. The summed E-state index contributed by atoms with van der Waals surface area (Å²) in [6, 6.07) is 13.2. The lowest BCUT2D eigenvalue weighted by Crippen LogP contribution is -2.36. The summed E-state index contributed by atoms with van der Waals surface area (Å²) in [5, 5.41) is 10.5. The fraction of sp³-hybridized carbons (Fsp3) is 0.269. The van der Waals surface area contributed by atoms with Crippen LogP contribution in [0.4, 0.5) is 10.1 Å². The van der Waals surface area contributed by atoms with Crippen molar-refractivity contribution in [1.82, 2.24) is 9.55 Å². The molecule has 0 saturated carbocycles. The molecule has 0 amide bonds. The Balaban J connectivity index is 1.44. The molecule has 1 aliphatic heterocycles. The van der Waals surface area contributed by atoms with Crippen molar-refractivity contribution in [2.24, 2.45) is 7.05 Å². The van der Waals surface area contributed by atoms with E-state index in [2.05, 4.69) is 22.0 Å². The van der Waals surface area contributed by atoms with Gasteiger partial charge in [-0.15, -0.1) is 0 Å². The van der Waals surface area contributed by atoms with Crippen LogP contribution < -0.4 is 10.5 Å². The Hall–Kier alpha value is -3.44. The number of hydrogen-bond donors (Lipinski definition) is 0. The molecule has 0 N–H and O–H groups in total. The van der Waals surface area contributed by atoms with Crippen LogP contribution in [0.2, 0.25) is 0 Å². The van der Waals surface area contributed by atoms with Crippen molar-refractivity contribution in [3.05, 3.63) is 80.3 Å². The number of hydrogen-bond acceptors (Lipinski definition) is 5. The maximum absolute atomic E-state index is 14.2. The number of nitriles is 1. The zero-order chi connectivity index (χ0) is 24.0. The highest BCUT2D eigenvalue weighted by Crippen LogP contribution is 2.37. The molecule has 2 aromatic heterocycles. The minimum atomic E-state index is -0.454. The van der Waals surface area contributed by atoms with Gasteiger partial charge in [0.05, 0.1) is 15.7 Å². The van der Waals surface area contributed by atoms with Crippen LogP contribution in [-0.4, -0.2) is 22.6 Å². The first-order valence-corrected chi connectivity index (χ1v) is 11.9. The number of rotatable bonds is 3. The normalized spacial score (nSPS) is 14.5. The number of anilines is 1. The largest absolute Gasteiger partial charge is 0.448 e. The second-order valence-corrected chi connectivity index (χ2v) is 9.54. The molecule has 0 unspecified atom stereocenters. The topological polar surface area (TPSA) is 75.1 Å². The van der Waals surface area contributed by atoms with Crippen LogP contribution in [-0.2, 0) is 7.05 Å². The predicted octanol–water partition coefficient (Wildman–Crippen LogP) is 5.66. The number of aryl methyl sites for hydroxylation is 2. The Labute approximate surface area is 204 Å². The Morgan fingerprint density at radius 1 is 1.21 bits per heavy atom. The summed E-state index contributed by atoms with van der Waals surface area (Å²) in [5.74, 6) is 0.391. The monoisotopic (exact) mass is 520 g/mol. The molecule has 4 aromatic rings. The number of nitrogens with zero attached hydrogens (tertiary/aromatic N) is 4. The van der Waals surface area contributed by atoms with Gasteiger partial charge >= 0.3 is 0 Å². The molecule has 1 saturated heterocycles. The van der Waals surface area contributed by atoms with Gasteiger partial charge in [-0.2, -0.15) is 5.26 Å². The van der Waals surface area contributed by atoms with Gasteiger partial charge in [0.2, 0.25) is 0 Å². The fourth-order valence-corrected chi connectivity index (χ4v) is 4.97. The van der Waals surface area contributed by atoms with Crippen molar-refractivity contribution >= 4 is 32.5 Å². The van der Waals surface area contributed by atoms with E-state index in [9.17, 15) is 14.4 Å². The first kappa shape index (κ1) is 22.4. The lowest BCUT2D eigenvalue weighted by atomic mass is 9.95. The van der Waals surface area contributed by atoms with E-state index in [1.165, 1.54) is 16.2 Å². The lowest BCUT2D eigenvalue weighted by molar-refractivity contribution is 0.393. The number of benzene rings is 2. The molecule has 3 heterocycles. The molecular weight excluding hydrogens is 499 g/mol. The summed E-state index contributed by atoms with van der Waals surface area (Å²) in [7, 11) is 1.56. The van der Waals surface area contributed by atoms with Crippen LogP contribution in [0.1, 0.15) is 35.8 Å². The van der Waals surface area contributed by atoms with E-state index in [0.717, 1.165) is 24.1 Å². The van der Waals surface area contributed by atoms with Crippen LogP contribution in [0.3, 0.4) is 0 Å². The Morgan fingerprint density at radius 2 is 1.91 bits per heavy atom. The molecule has 5 rings (SSSR count). The van der Waals surface area contributed by atoms with Crippen molar-refractivity contribution in [2.45, 2.75) is 25.7 Å². The minimum absolute atomic E-state index is 0.0738. The molecular formula is C26H22BrFN4O2. The van der Waals surface area contributed by atoms with Gasteiger partial charge in [-0.1, -0.05) is 29.8 Å². The molecule has 0 aliphatic carbocycles. The van der Waals surface area contributed by atoms with Gasteiger partial charge < -0.3 is 13.9 Å². The average Bonchev–Trinajstić information content (AvgIpc) is 3.33. The molecule has 0 atom stereocenters. The van der Waals surface area contributed by atoms with Crippen molar-refractivity contribution in [1.29, 1.82) is 5.26 Å². The molecule has 34 heavy (non-hydrogen) atoms. The highest BCUT2D eigenvalue weighted by Gasteiger charge is 2.28. The third kappa shape index (κ3) is 3.80.